The van der Waals surface area contributed by atoms with Gasteiger partial charge in [0.15, 0.2) is 0 Å². The Labute approximate surface area is 231 Å². The number of amidine groups is 2. The van der Waals surface area contributed by atoms with Crippen molar-refractivity contribution < 1.29 is 0 Å². The summed E-state index contributed by atoms with van der Waals surface area (Å²) in [6.45, 7) is 1.64. The van der Waals surface area contributed by atoms with Crippen LogP contribution in [0.2, 0.25) is 0 Å². The molecule has 2 unspecified atom stereocenters. The molecule has 5 aromatic rings. The minimum atomic E-state index is -0.0588. The molecule has 2 aromatic heterocycles. The lowest BCUT2D eigenvalue weighted by Gasteiger charge is -2.06. The van der Waals surface area contributed by atoms with E-state index in [-0.39, 0.29) is 12.3 Å². The Kier molecular flexibility index (Phi) is 6.03. The van der Waals surface area contributed by atoms with E-state index in [1.807, 2.05) is 24.3 Å². The van der Waals surface area contributed by atoms with Crippen LogP contribution in [0.15, 0.2) is 107 Å². The molecule has 40 heavy (non-hydrogen) atoms. The van der Waals surface area contributed by atoms with Gasteiger partial charge in [0.1, 0.15) is 24.0 Å². The molecule has 0 fully saturated rings. The van der Waals surface area contributed by atoms with E-state index in [1.54, 1.807) is 0 Å². The van der Waals surface area contributed by atoms with Crippen LogP contribution in [0, 0.1) is 0 Å². The summed E-state index contributed by atoms with van der Waals surface area (Å²) in [6.07, 6.45) is 8.04. The highest BCUT2D eigenvalue weighted by Crippen LogP contribution is 2.29. The van der Waals surface area contributed by atoms with Crippen molar-refractivity contribution in [1.29, 1.82) is 0 Å². The Bertz CT molecular complexity index is 1700. The van der Waals surface area contributed by atoms with Crippen molar-refractivity contribution in [1.82, 2.24) is 20.6 Å². The van der Waals surface area contributed by atoms with E-state index >= 15 is 0 Å². The topological polar surface area (TPSA) is 132 Å². The first kappa shape index (κ1) is 24.1. The van der Waals surface area contributed by atoms with Gasteiger partial charge in [-0.15, -0.1) is 0 Å². The predicted molar refractivity (Wildman–Crippen MR) is 164 cm³/mol. The molecule has 3 aromatic carbocycles. The first-order valence-corrected chi connectivity index (χ1v) is 13.4. The fourth-order valence-electron chi connectivity index (χ4n) is 5.25. The molecular weight excluding hydrogens is 496 g/mol. The highest BCUT2D eigenvalue weighted by atomic mass is 15.1. The van der Waals surface area contributed by atoms with E-state index in [0.717, 1.165) is 68.5 Å². The van der Waals surface area contributed by atoms with Crippen molar-refractivity contribution in [2.45, 2.75) is 12.3 Å². The van der Waals surface area contributed by atoms with E-state index < -0.39 is 0 Å². The number of nitrogens with one attached hydrogen (secondary N) is 4. The number of benzene rings is 3. The van der Waals surface area contributed by atoms with Gasteiger partial charge in [0, 0.05) is 57.4 Å². The molecule has 2 aliphatic heterocycles. The maximum atomic E-state index is 6.28. The fraction of sp³-hybridized carbons (Fsp3) is 0.125. The molecule has 0 aliphatic carbocycles. The first-order chi connectivity index (χ1) is 19.6. The van der Waals surface area contributed by atoms with Gasteiger partial charge in [-0.05, 0) is 47.5 Å². The minimum absolute atomic E-state index is 0.0588. The lowest BCUT2D eigenvalue weighted by molar-refractivity contribution is 0.699. The van der Waals surface area contributed by atoms with Gasteiger partial charge in [-0.3, -0.25) is 10.6 Å². The number of nitrogens with zero attached hydrogens (tertiary/aromatic N) is 2. The lowest BCUT2D eigenvalue weighted by atomic mass is 10.1. The van der Waals surface area contributed by atoms with E-state index in [1.165, 1.54) is 0 Å². The quantitative estimate of drug-likeness (QED) is 0.111. The number of rotatable bonds is 6. The Morgan fingerprint density at radius 1 is 0.600 bits per heavy atom. The smallest absolute Gasteiger partial charge is 0.127 e. The van der Waals surface area contributed by atoms with Crippen LogP contribution in [-0.2, 0) is 0 Å². The number of hydrogen-bond acceptors (Lipinski definition) is 4. The average Bonchev–Trinajstić information content (AvgIpc) is 3.79. The Balaban J connectivity index is 1.12. The monoisotopic (exact) mass is 526 g/mol. The molecular formula is C32H30N8. The van der Waals surface area contributed by atoms with Gasteiger partial charge in [-0.2, -0.15) is 0 Å². The van der Waals surface area contributed by atoms with Crippen LogP contribution in [0.5, 0.6) is 0 Å². The third kappa shape index (κ3) is 4.70. The van der Waals surface area contributed by atoms with Gasteiger partial charge >= 0.3 is 0 Å². The number of aromatic nitrogens is 2. The molecule has 0 amide bonds. The summed E-state index contributed by atoms with van der Waals surface area (Å²) in [5.74, 6) is 1.05. The van der Waals surface area contributed by atoms with Crippen molar-refractivity contribution in [3.05, 3.63) is 108 Å². The molecule has 0 saturated heterocycles. The SMILES string of the molecule is NC(=NC1C=CCN1)c1ccc2cc(-c3ccc(-c4cc5ccc(C(N)=NC6C=CCN6)cc5[nH]4)cc3)[nH]c2c1. The van der Waals surface area contributed by atoms with Crippen LogP contribution in [0.1, 0.15) is 11.1 Å². The number of hydrogen-bond donors (Lipinski definition) is 6. The lowest BCUT2D eigenvalue weighted by Crippen LogP contribution is -2.24. The van der Waals surface area contributed by atoms with Crippen molar-refractivity contribution in [3.63, 3.8) is 0 Å². The molecule has 4 heterocycles. The second-order valence-electron chi connectivity index (χ2n) is 10.1. The predicted octanol–water partition coefficient (Wildman–Crippen LogP) is 4.36. The van der Waals surface area contributed by atoms with Crippen LogP contribution < -0.4 is 22.1 Å². The molecule has 0 spiro atoms. The third-order valence-electron chi connectivity index (χ3n) is 7.43. The van der Waals surface area contributed by atoms with Crippen LogP contribution in [0.3, 0.4) is 0 Å². The summed E-state index contributed by atoms with van der Waals surface area (Å²) >= 11 is 0. The molecule has 8 nitrogen and oxygen atoms in total. The van der Waals surface area contributed by atoms with Crippen LogP contribution in [0.25, 0.3) is 44.3 Å². The molecule has 0 saturated carbocycles. The zero-order valence-electron chi connectivity index (χ0n) is 21.9. The summed E-state index contributed by atoms with van der Waals surface area (Å²) < 4.78 is 0. The van der Waals surface area contributed by atoms with Gasteiger partial charge in [-0.25, -0.2) is 9.98 Å². The number of H-pyrrole nitrogens is 2. The van der Waals surface area contributed by atoms with Gasteiger partial charge < -0.3 is 21.4 Å². The molecule has 2 atom stereocenters. The maximum Gasteiger partial charge on any atom is 0.127 e. The molecule has 0 bridgehead atoms. The highest BCUT2D eigenvalue weighted by molar-refractivity contribution is 6.02. The summed E-state index contributed by atoms with van der Waals surface area (Å²) in [6, 6.07) is 25.2. The Morgan fingerprint density at radius 3 is 1.45 bits per heavy atom. The Morgan fingerprint density at radius 2 is 1.05 bits per heavy atom. The average molecular weight is 527 g/mol. The molecule has 8 N–H and O–H groups in total. The van der Waals surface area contributed by atoms with Gasteiger partial charge in [-0.1, -0.05) is 60.7 Å². The van der Waals surface area contributed by atoms with Crippen molar-refractivity contribution in [2.75, 3.05) is 13.1 Å². The molecule has 7 rings (SSSR count). The molecule has 2 aliphatic rings. The number of aliphatic imine (C=N–C) groups is 2. The van der Waals surface area contributed by atoms with Crippen LogP contribution in [0.4, 0.5) is 0 Å². The number of nitrogens with two attached hydrogens (primary N) is 2. The zero-order valence-corrected chi connectivity index (χ0v) is 21.9. The largest absolute Gasteiger partial charge is 0.383 e. The first-order valence-electron chi connectivity index (χ1n) is 13.4. The minimum Gasteiger partial charge on any atom is -0.383 e. The number of aromatic amines is 2. The van der Waals surface area contributed by atoms with E-state index in [0.29, 0.717) is 11.7 Å². The molecule has 198 valence electrons. The number of fused-ring (bicyclic) bond motifs is 2. The normalized spacial score (nSPS) is 19.4. The summed E-state index contributed by atoms with van der Waals surface area (Å²) in [5, 5.41) is 8.78. The van der Waals surface area contributed by atoms with Gasteiger partial charge in [0.2, 0.25) is 0 Å². The highest BCUT2D eigenvalue weighted by Gasteiger charge is 2.12. The second-order valence-corrected chi connectivity index (χ2v) is 10.1. The zero-order chi connectivity index (χ0) is 27.1. The standard InChI is InChI=1S/C32H30N8/c33-31(39-29-3-1-13-35-29)23-11-9-21-15-25(37-27(21)17-23)19-5-7-20(8-6-19)26-16-22-10-12-24(18-28(22)38-26)32(34)40-30-4-2-14-36-30/h1-12,15-18,29-30,35-38H,13-14H2,(H2,33,39)(H2,34,40). The van der Waals surface area contributed by atoms with E-state index in [4.69, 9.17) is 11.5 Å². The van der Waals surface area contributed by atoms with Gasteiger partial charge in [0.25, 0.3) is 0 Å². The van der Waals surface area contributed by atoms with Crippen molar-refractivity contribution >= 4 is 33.5 Å². The van der Waals surface area contributed by atoms with Crippen LogP contribution in [-0.4, -0.2) is 47.1 Å². The second kappa shape index (κ2) is 10.00. The maximum absolute atomic E-state index is 6.28. The molecule has 8 heteroatoms. The summed E-state index contributed by atoms with van der Waals surface area (Å²) in [4.78, 5) is 16.2. The third-order valence-corrected chi connectivity index (χ3v) is 7.43. The van der Waals surface area contributed by atoms with E-state index in [9.17, 15) is 0 Å². The fourth-order valence-corrected chi connectivity index (χ4v) is 5.25. The summed E-state index contributed by atoms with van der Waals surface area (Å²) in [7, 11) is 0. The van der Waals surface area contributed by atoms with Crippen molar-refractivity contribution in [2.24, 2.45) is 21.5 Å². The van der Waals surface area contributed by atoms with E-state index in [2.05, 4.69) is 103 Å². The molecule has 0 radical (unpaired) electrons. The van der Waals surface area contributed by atoms with Crippen molar-refractivity contribution in [3.8, 4) is 22.5 Å². The Hall–Kier alpha value is -4.92. The van der Waals surface area contributed by atoms with Gasteiger partial charge in [0.05, 0.1) is 0 Å². The van der Waals surface area contributed by atoms with Crippen LogP contribution >= 0.6 is 0 Å². The summed E-state index contributed by atoms with van der Waals surface area (Å²) in [5.41, 5.74) is 20.8.